The van der Waals surface area contributed by atoms with Gasteiger partial charge >= 0.3 is 0 Å². The van der Waals surface area contributed by atoms with Gasteiger partial charge in [0.1, 0.15) is 0 Å². The lowest BCUT2D eigenvalue weighted by atomic mass is 10.4. The average molecular weight is 226 g/mol. The van der Waals surface area contributed by atoms with Crippen molar-refractivity contribution >= 4 is 22.7 Å². The Morgan fingerprint density at radius 1 is 0.714 bits per heavy atom. The molecule has 0 bridgehead atoms. The molecule has 0 radical (unpaired) electrons. The smallest absolute Gasteiger partial charge is 0.0442 e. The van der Waals surface area contributed by atoms with Crippen LogP contribution < -0.4 is 0 Å². The lowest BCUT2D eigenvalue weighted by Gasteiger charge is -1.84. The van der Waals surface area contributed by atoms with Crippen LogP contribution in [-0.2, 0) is 0 Å². The Kier molecular flexibility index (Phi) is 8.59. The number of rotatable bonds is 1. The summed E-state index contributed by atoms with van der Waals surface area (Å²) in [6.45, 7) is 8.00. The van der Waals surface area contributed by atoms with E-state index in [1.165, 1.54) is 9.75 Å². The second-order valence-corrected chi connectivity index (χ2v) is 3.85. The zero-order valence-corrected chi connectivity index (χ0v) is 10.9. The Morgan fingerprint density at radius 2 is 1.07 bits per heavy atom. The van der Waals surface area contributed by atoms with Gasteiger partial charge in [-0.1, -0.05) is 39.8 Å². The standard InChI is InChI=1S/C8H6S2.2C2H6/c1-3-7(9-5-1)8-4-2-6-10-8;2*1-2/h1-6H;2*1-2H3. The van der Waals surface area contributed by atoms with E-state index in [2.05, 4.69) is 35.0 Å². The summed E-state index contributed by atoms with van der Waals surface area (Å²) in [6.07, 6.45) is 0. The number of hydrogen-bond donors (Lipinski definition) is 0. The molecule has 0 spiro atoms. The van der Waals surface area contributed by atoms with Gasteiger partial charge in [0.15, 0.2) is 0 Å². The second-order valence-electron chi connectivity index (χ2n) is 1.95. The molecule has 0 aliphatic heterocycles. The van der Waals surface area contributed by atoms with Gasteiger partial charge in [0.05, 0.1) is 0 Å². The Labute approximate surface area is 95.2 Å². The van der Waals surface area contributed by atoms with Gasteiger partial charge in [0, 0.05) is 9.75 Å². The van der Waals surface area contributed by atoms with E-state index >= 15 is 0 Å². The first kappa shape index (κ1) is 13.4. The third-order valence-electron chi connectivity index (χ3n) is 1.29. The van der Waals surface area contributed by atoms with Crippen LogP contribution in [0.5, 0.6) is 0 Å². The van der Waals surface area contributed by atoms with Crippen molar-refractivity contribution in [1.82, 2.24) is 0 Å². The third-order valence-corrected chi connectivity index (χ3v) is 3.22. The van der Waals surface area contributed by atoms with Gasteiger partial charge in [0.2, 0.25) is 0 Å². The van der Waals surface area contributed by atoms with Crippen LogP contribution in [0.1, 0.15) is 27.7 Å². The predicted octanol–water partition coefficient (Wildman–Crippen LogP) is 5.53. The SMILES string of the molecule is CC.CC.c1csc(-c2cccs2)c1. The van der Waals surface area contributed by atoms with E-state index in [1.54, 1.807) is 22.7 Å². The topological polar surface area (TPSA) is 0 Å². The fourth-order valence-corrected chi connectivity index (χ4v) is 2.42. The maximum Gasteiger partial charge on any atom is 0.0442 e. The first-order valence-corrected chi connectivity index (χ1v) is 6.80. The van der Waals surface area contributed by atoms with Crippen molar-refractivity contribution < 1.29 is 0 Å². The minimum absolute atomic E-state index is 1.37. The molecule has 0 saturated heterocycles. The molecule has 2 aromatic heterocycles. The maximum atomic E-state index is 2.15. The van der Waals surface area contributed by atoms with Gasteiger partial charge < -0.3 is 0 Å². The van der Waals surface area contributed by atoms with Crippen molar-refractivity contribution in [2.75, 3.05) is 0 Å². The third kappa shape index (κ3) is 4.07. The molecule has 0 unspecified atom stereocenters. The molecule has 0 aliphatic carbocycles. The van der Waals surface area contributed by atoms with Crippen molar-refractivity contribution in [3.63, 3.8) is 0 Å². The van der Waals surface area contributed by atoms with Gasteiger partial charge in [0.25, 0.3) is 0 Å². The number of thiophene rings is 2. The second kappa shape index (κ2) is 8.97. The summed E-state index contributed by atoms with van der Waals surface area (Å²) in [5.74, 6) is 0. The molecule has 78 valence electrons. The zero-order chi connectivity index (χ0) is 10.8. The van der Waals surface area contributed by atoms with Crippen molar-refractivity contribution in [2.24, 2.45) is 0 Å². The average Bonchev–Trinajstić information content (AvgIpc) is 2.96. The molecule has 0 aliphatic rings. The van der Waals surface area contributed by atoms with E-state index in [-0.39, 0.29) is 0 Å². The van der Waals surface area contributed by atoms with Crippen LogP contribution in [-0.4, -0.2) is 0 Å². The van der Waals surface area contributed by atoms with E-state index in [1.807, 2.05) is 27.7 Å². The predicted molar refractivity (Wildman–Crippen MR) is 70.3 cm³/mol. The Hall–Kier alpha value is -0.600. The van der Waals surface area contributed by atoms with Crippen LogP contribution in [0.2, 0.25) is 0 Å². The molecule has 14 heavy (non-hydrogen) atoms. The van der Waals surface area contributed by atoms with Crippen LogP contribution in [0.25, 0.3) is 9.75 Å². The normalized spacial score (nSPS) is 8.00. The van der Waals surface area contributed by atoms with Crippen LogP contribution in [0.15, 0.2) is 35.0 Å². The summed E-state index contributed by atoms with van der Waals surface area (Å²) in [5.41, 5.74) is 0. The van der Waals surface area contributed by atoms with E-state index in [0.29, 0.717) is 0 Å². The number of hydrogen-bond acceptors (Lipinski definition) is 2. The van der Waals surface area contributed by atoms with Crippen LogP contribution >= 0.6 is 22.7 Å². The molecule has 2 heteroatoms. The Balaban J connectivity index is 0.000000379. The van der Waals surface area contributed by atoms with E-state index in [0.717, 1.165) is 0 Å². The lowest BCUT2D eigenvalue weighted by molar-refractivity contribution is 1.50. The highest BCUT2D eigenvalue weighted by atomic mass is 32.1. The molecule has 0 nitrogen and oxygen atoms in total. The van der Waals surface area contributed by atoms with Gasteiger partial charge in [-0.15, -0.1) is 22.7 Å². The highest BCUT2D eigenvalue weighted by molar-refractivity contribution is 7.20. The largest absolute Gasteiger partial charge is 0.143 e. The molecule has 0 amide bonds. The molecule has 2 aromatic rings. The van der Waals surface area contributed by atoms with Crippen molar-refractivity contribution in [3.8, 4) is 9.75 Å². The van der Waals surface area contributed by atoms with E-state index < -0.39 is 0 Å². The zero-order valence-electron chi connectivity index (χ0n) is 9.28. The summed E-state index contributed by atoms with van der Waals surface area (Å²) in [6, 6.07) is 8.46. The minimum Gasteiger partial charge on any atom is -0.143 e. The van der Waals surface area contributed by atoms with Crippen molar-refractivity contribution in [1.29, 1.82) is 0 Å². The molecule has 0 N–H and O–H groups in total. The van der Waals surface area contributed by atoms with Gasteiger partial charge in [-0.3, -0.25) is 0 Å². The van der Waals surface area contributed by atoms with Gasteiger partial charge in [-0.05, 0) is 22.9 Å². The lowest BCUT2D eigenvalue weighted by Crippen LogP contribution is -1.55. The summed E-state index contributed by atoms with van der Waals surface area (Å²) >= 11 is 3.58. The fourth-order valence-electron chi connectivity index (χ4n) is 0.838. The van der Waals surface area contributed by atoms with Crippen LogP contribution in [0, 0.1) is 0 Å². The molecular weight excluding hydrogens is 208 g/mol. The molecule has 0 fully saturated rings. The summed E-state index contributed by atoms with van der Waals surface area (Å²) in [7, 11) is 0. The highest BCUT2D eigenvalue weighted by Gasteiger charge is 1.96. The quantitative estimate of drug-likeness (QED) is 0.600. The molecule has 0 aromatic carbocycles. The van der Waals surface area contributed by atoms with Gasteiger partial charge in [-0.2, -0.15) is 0 Å². The highest BCUT2D eigenvalue weighted by Crippen LogP contribution is 2.28. The summed E-state index contributed by atoms with van der Waals surface area (Å²) in [4.78, 5) is 2.74. The van der Waals surface area contributed by atoms with Gasteiger partial charge in [-0.25, -0.2) is 0 Å². The minimum atomic E-state index is 1.37. The van der Waals surface area contributed by atoms with Crippen molar-refractivity contribution in [2.45, 2.75) is 27.7 Å². The van der Waals surface area contributed by atoms with Crippen molar-refractivity contribution in [3.05, 3.63) is 35.0 Å². The van der Waals surface area contributed by atoms with Crippen LogP contribution in [0.3, 0.4) is 0 Å². The maximum absolute atomic E-state index is 2.15. The molecule has 2 rings (SSSR count). The Bertz CT molecular complexity index is 248. The first-order chi connectivity index (χ1) is 6.97. The first-order valence-electron chi connectivity index (χ1n) is 5.04. The molecular formula is C12H18S2. The molecule has 0 saturated carbocycles. The fraction of sp³-hybridized carbons (Fsp3) is 0.333. The molecule has 2 heterocycles. The Morgan fingerprint density at radius 3 is 1.29 bits per heavy atom. The molecule has 0 atom stereocenters. The monoisotopic (exact) mass is 226 g/mol. The van der Waals surface area contributed by atoms with Crippen LogP contribution in [0.4, 0.5) is 0 Å². The summed E-state index contributed by atoms with van der Waals surface area (Å²) in [5, 5.41) is 4.21. The van der Waals surface area contributed by atoms with E-state index in [4.69, 9.17) is 0 Å². The summed E-state index contributed by atoms with van der Waals surface area (Å²) < 4.78 is 0. The van der Waals surface area contributed by atoms with E-state index in [9.17, 15) is 0 Å².